The van der Waals surface area contributed by atoms with Gasteiger partial charge in [-0.25, -0.2) is 0 Å². The lowest BCUT2D eigenvalue weighted by Gasteiger charge is -2.32. The molecule has 1 fully saturated rings. The maximum atomic E-state index is 14.8. The SMILES string of the molecule is C[C@H]1[C@H]([Si](C)(C)O)[C@@H](CCn2cc(CCO)nn2)O[C@]12C(=O)N(Cc1ccc(-n3ncc4ccccc4c3=O)cc1)c1ccc([N+](=O)[O-])cc12. The van der Waals surface area contributed by atoms with Gasteiger partial charge in [-0.3, -0.25) is 24.4 Å². The van der Waals surface area contributed by atoms with Gasteiger partial charge in [0.2, 0.25) is 0 Å². The molecule has 5 aromatic rings. The van der Waals surface area contributed by atoms with Crippen LogP contribution in [0.1, 0.15) is 30.2 Å². The summed E-state index contributed by atoms with van der Waals surface area (Å²) in [4.78, 5) is 52.6. The molecule has 258 valence electrons. The molecule has 2 aromatic heterocycles. The normalized spacial score (nSPS) is 21.7. The Bertz CT molecular complexity index is 2160. The van der Waals surface area contributed by atoms with Crippen LogP contribution in [0.15, 0.2) is 83.9 Å². The standard InChI is InChI=1S/C35H37N7O7Si/c1-22-32(50(2,3)48)31(14-16-39-21-25(15-17-43)37-38-39)49-35(22)29-18-27(42(46)47)12-13-30(29)40(34(35)45)20-23-8-10-26(11-9-23)41-33(44)28-7-5-4-6-24(28)19-36-41/h4-13,18-19,21-22,31-32,43,48H,14-17,20H2,1-3H3/t22-,31+,32-,35+/m0/s1. The lowest BCUT2D eigenvalue weighted by atomic mass is 9.82. The first kappa shape index (κ1) is 33.4. The Balaban J connectivity index is 1.22. The van der Waals surface area contributed by atoms with Crippen molar-refractivity contribution in [1.82, 2.24) is 24.8 Å². The van der Waals surface area contributed by atoms with Crippen molar-refractivity contribution in [2.75, 3.05) is 11.5 Å². The Morgan fingerprint density at radius 2 is 1.84 bits per heavy atom. The average Bonchev–Trinajstić information content (AvgIpc) is 3.74. The van der Waals surface area contributed by atoms with Gasteiger partial charge in [-0.2, -0.15) is 9.78 Å². The van der Waals surface area contributed by atoms with Gasteiger partial charge in [0.25, 0.3) is 17.2 Å². The number of fused-ring (bicyclic) bond motifs is 3. The van der Waals surface area contributed by atoms with Crippen molar-refractivity contribution in [1.29, 1.82) is 0 Å². The summed E-state index contributed by atoms with van der Waals surface area (Å²) in [6.07, 6.45) is 3.63. The number of benzene rings is 3. The van der Waals surface area contributed by atoms with Gasteiger partial charge in [0.15, 0.2) is 13.9 Å². The summed E-state index contributed by atoms with van der Waals surface area (Å²) >= 11 is 0. The predicted molar refractivity (Wildman–Crippen MR) is 186 cm³/mol. The molecule has 0 unspecified atom stereocenters. The van der Waals surface area contributed by atoms with Crippen LogP contribution in [0.3, 0.4) is 0 Å². The molecule has 0 saturated carbocycles. The molecular weight excluding hydrogens is 659 g/mol. The number of aliphatic hydroxyl groups is 1. The quantitative estimate of drug-likeness (QED) is 0.124. The highest BCUT2D eigenvalue weighted by atomic mass is 28.4. The fourth-order valence-corrected chi connectivity index (χ4v) is 10.3. The molecule has 1 amide bonds. The van der Waals surface area contributed by atoms with E-state index in [-0.39, 0.29) is 35.8 Å². The number of carbonyl (C=O) groups is 1. The number of nitrogens with zero attached hydrogens (tertiary/aromatic N) is 7. The summed E-state index contributed by atoms with van der Waals surface area (Å²) in [6.45, 7) is 6.02. The van der Waals surface area contributed by atoms with Crippen molar-refractivity contribution in [3.8, 4) is 5.69 Å². The van der Waals surface area contributed by atoms with E-state index in [1.807, 2.05) is 44.3 Å². The fourth-order valence-electron chi connectivity index (χ4n) is 7.74. The third-order valence-electron chi connectivity index (χ3n) is 9.99. The van der Waals surface area contributed by atoms with Crippen molar-refractivity contribution in [3.05, 3.63) is 116 Å². The number of carbonyl (C=O) groups excluding carboxylic acids is 1. The Morgan fingerprint density at radius 1 is 1.08 bits per heavy atom. The third kappa shape index (κ3) is 5.61. The summed E-state index contributed by atoms with van der Waals surface area (Å²) in [5.74, 6) is -0.861. The minimum absolute atomic E-state index is 0.0488. The van der Waals surface area contributed by atoms with Gasteiger partial charge in [0, 0.05) is 60.3 Å². The lowest BCUT2D eigenvalue weighted by Crippen LogP contribution is -2.46. The molecule has 0 aliphatic carbocycles. The van der Waals surface area contributed by atoms with Crippen molar-refractivity contribution in [2.24, 2.45) is 5.92 Å². The van der Waals surface area contributed by atoms with Crippen LogP contribution in [0.5, 0.6) is 0 Å². The highest BCUT2D eigenvalue weighted by Gasteiger charge is 2.66. The Labute approximate surface area is 287 Å². The summed E-state index contributed by atoms with van der Waals surface area (Å²) in [6, 6.07) is 18.8. The summed E-state index contributed by atoms with van der Waals surface area (Å²) in [7, 11) is -2.97. The monoisotopic (exact) mass is 695 g/mol. The highest BCUT2D eigenvalue weighted by molar-refractivity contribution is 6.71. The van der Waals surface area contributed by atoms with Gasteiger partial charge in [-0.1, -0.05) is 42.5 Å². The Hall–Kier alpha value is -5.09. The van der Waals surface area contributed by atoms with Gasteiger partial charge in [0.05, 0.1) is 46.2 Å². The van der Waals surface area contributed by atoms with Crippen LogP contribution in [-0.2, 0) is 34.6 Å². The first-order valence-corrected chi connectivity index (χ1v) is 19.5. The number of nitro groups is 1. The molecule has 0 bridgehead atoms. The number of ether oxygens (including phenoxy) is 1. The van der Waals surface area contributed by atoms with Crippen molar-refractivity contribution < 1.29 is 24.4 Å². The number of hydrogen-bond donors (Lipinski definition) is 2. The van der Waals surface area contributed by atoms with E-state index in [0.717, 1.165) is 10.9 Å². The topological polar surface area (TPSA) is 179 Å². The first-order valence-electron chi connectivity index (χ1n) is 16.5. The van der Waals surface area contributed by atoms with Gasteiger partial charge < -0.3 is 19.5 Å². The number of rotatable bonds is 10. The van der Waals surface area contributed by atoms with Crippen LogP contribution in [-0.4, -0.2) is 66.5 Å². The van der Waals surface area contributed by atoms with E-state index in [4.69, 9.17) is 4.74 Å². The zero-order valence-electron chi connectivity index (χ0n) is 27.8. The predicted octanol–water partition coefficient (Wildman–Crippen LogP) is 3.86. The van der Waals surface area contributed by atoms with E-state index in [2.05, 4.69) is 15.4 Å². The number of aliphatic hydroxyl groups excluding tert-OH is 1. The van der Waals surface area contributed by atoms with E-state index < -0.39 is 30.9 Å². The first-order chi connectivity index (χ1) is 23.9. The van der Waals surface area contributed by atoms with Gasteiger partial charge in [-0.15, -0.1) is 5.10 Å². The Kier molecular flexibility index (Phi) is 8.46. The maximum absolute atomic E-state index is 14.8. The molecule has 0 radical (unpaired) electrons. The van der Waals surface area contributed by atoms with Crippen LogP contribution in [0.25, 0.3) is 16.5 Å². The van der Waals surface area contributed by atoms with Crippen molar-refractivity contribution >= 4 is 36.4 Å². The van der Waals surface area contributed by atoms with Gasteiger partial charge >= 0.3 is 0 Å². The molecule has 1 saturated heterocycles. The molecule has 14 nitrogen and oxygen atoms in total. The van der Waals surface area contributed by atoms with E-state index >= 15 is 0 Å². The van der Waals surface area contributed by atoms with Crippen LogP contribution >= 0.6 is 0 Å². The van der Waals surface area contributed by atoms with E-state index in [9.17, 15) is 29.6 Å². The second-order valence-corrected chi connectivity index (χ2v) is 17.5. The van der Waals surface area contributed by atoms with Crippen molar-refractivity contribution in [3.63, 3.8) is 0 Å². The molecule has 4 heterocycles. The number of non-ortho nitro benzene ring substituents is 1. The van der Waals surface area contributed by atoms with Gasteiger partial charge in [0.1, 0.15) is 0 Å². The third-order valence-corrected chi connectivity index (χ3v) is 12.5. The molecule has 1 spiro atoms. The summed E-state index contributed by atoms with van der Waals surface area (Å²) in [5.41, 5.74) is 0.536. The van der Waals surface area contributed by atoms with Crippen LogP contribution in [0.2, 0.25) is 18.6 Å². The minimum atomic E-state index is -2.97. The molecule has 7 rings (SSSR count). The molecule has 2 aliphatic rings. The summed E-state index contributed by atoms with van der Waals surface area (Å²) < 4.78 is 9.80. The van der Waals surface area contributed by atoms with Crippen LogP contribution in [0, 0.1) is 16.0 Å². The maximum Gasteiger partial charge on any atom is 0.279 e. The van der Waals surface area contributed by atoms with Crippen LogP contribution in [0.4, 0.5) is 11.4 Å². The summed E-state index contributed by atoms with van der Waals surface area (Å²) in [5, 5.41) is 35.1. The van der Waals surface area contributed by atoms with E-state index in [0.29, 0.717) is 47.4 Å². The number of hydrogen-bond acceptors (Lipinski definition) is 10. The molecule has 2 aliphatic heterocycles. The number of aromatic nitrogens is 5. The highest BCUT2D eigenvalue weighted by Crippen LogP contribution is 2.60. The molecule has 50 heavy (non-hydrogen) atoms. The number of anilines is 1. The van der Waals surface area contributed by atoms with E-state index in [1.54, 1.807) is 52.3 Å². The van der Waals surface area contributed by atoms with Crippen molar-refractivity contribution in [2.45, 2.75) is 63.2 Å². The minimum Gasteiger partial charge on any atom is -0.432 e. The second kappa shape index (κ2) is 12.7. The Morgan fingerprint density at radius 3 is 2.56 bits per heavy atom. The number of aryl methyl sites for hydroxylation is 1. The zero-order chi connectivity index (χ0) is 35.4. The fraction of sp³-hybridized carbons (Fsp3) is 0.343. The second-order valence-electron chi connectivity index (χ2n) is 13.6. The average molecular weight is 696 g/mol. The smallest absolute Gasteiger partial charge is 0.279 e. The molecule has 15 heteroatoms. The largest absolute Gasteiger partial charge is 0.432 e. The molecular formula is C35H37N7O7Si. The van der Waals surface area contributed by atoms with Crippen LogP contribution < -0.4 is 10.5 Å². The van der Waals surface area contributed by atoms with E-state index in [1.165, 1.54) is 16.8 Å². The number of amides is 1. The van der Waals surface area contributed by atoms with Gasteiger partial charge in [-0.05, 0) is 49.3 Å². The number of nitro benzene ring substituents is 1. The zero-order valence-corrected chi connectivity index (χ0v) is 28.8. The molecule has 4 atom stereocenters. The lowest BCUT2D eigenvalue weighted by molar-refractivity contribution is -0.385. The molecule has 2 N–H and O–H groups in total. The molecule has 3 aromatic carbocycles.